The predicted octanol–water partition coefficient (Wildman–Crippen LogP) is 1.76. The molecule has 0 N–H and O–H groups in total. The molecule has 0 aliphatic heterocycles. The second kappa shape index (κ2) is 4.62. The van der Waals surface area contributed by atoms with Crippen molar-refractivity contribution >= 4 is 6.29 Å². The highest BCUT2D eigenvalue weighted by Gasteiger charge is 2.11. The summed E-state index contributed by atoms with van der Waals surface area (Å²) in [7, 11) is 2.88. The summed E-state index contributed by atoms with van der Waals surface area (Å²) in [5.41, 5.74) is 1.28. The molecule has 1 rings (SSSR count). The summed E-state index contributed by atoms with van der Waals surface area (Å²) in [5, 5.41) is 0. The molecule has 0 heterocycles. The number of aryl methyl sites for hydroxylation is 1. The Kier molecular flexibility index (Phi) is 3.48. The van der Waals surface area contributed by atoms with Crippen LogP contribution in [0.3, 0.4) is 0 Å². The molecule has 0 saturated carbocycles. The van der Waals surface area contributed by atoms with Crippen molar-refractivity contribution in [2.24, 2.45) is 0 Å². The van der Waals surface area contributed by atoms with E-state index in [0.29, 0.717) is 23.3 Å². The van der Waals surface area contributed by atoms with Crippen LogP contribution in [0.4, 0.5) is 0 Å². The molecule has 0 aliphatic rings. The van der Waals surface area contributed by atoms with Gasteiger partial charge in [0.15, 0.2) is 12.0 Å². The normalized spacial score (nSPS) is 9.64. The van der Waals surface area contributed by atoms with Gasteiger partial charge in [0.2, 0.25) is 0 Å². The first kappa shape index (κ1) is 10.5. The molecule has 4 nitrogen and oxygen atoms in total. The average molecular weight is 196 g/mol. The summed E-state index contributed by atoms with van der Waals surface area (Å²) >= 11 is 0. The number of hydrogen-bond acceptors (Lipinski definition) is 4. The van der Waals surface area contributed by atoms with Gasteiger partial charge in [-0.25, -0.2) is 0 Å². The molecule has 0 saturated heterocycles. The Morgan fingerprint density at radius 2 is 1.86 bits per heavy atom. The van der Waals surface area contributed by atoms with E-state index in [1.54, 1.807) is 12.1 Å². The number of rotatable bonds is 4. The van der Waals surface area contributed by atoms with E-state index in [-0.39, 0.29) is 0 Å². The van der Waals surface area contributed by atoms with Gasteiger partial charge >= 0.3 is 0 Å². The SMILES string of the molecule is COOc1cc(C)cc(OC)c1C=O. The molecule has 76 valence electrons. The minimum Gasteiger partial charge on any atom is -0.496 e. The highest BCUT2D eigenvalue weighted by Crippen LogP contribution is 2.28. The molecule has 14 heavy (non-hydrogen) atoms. The topological polar surface area (TPSA) is 44.8 Å². The van der Waals surface area contributed by atoms with Crippen molar-refractivity contribution in [3.05, 3.63) is 23.3 Å². The number of carbonyl (C=O) groups excluding carboxylic acids is 1. The van der Waals surface area contributed by atoms with Gasteiger partial charge in [-0.2, -0.15) is 4.89 Å². The van der Waals surface area contributed by atoms with Crippen molar-refractivity contribution in [3.63, 3.8) is 0 Å². The summed E-state index contributed by atoms with van der Waals surface area (Å²) in [4.78, 5) is 20.1. The fourth-order valence-electron chi connectivity index (χ4n) is 1.18. The average Bonchev–Trinajstić information content (AvgIpc) is 2.17. The summed E-state index contributed by atoms with van der Waals surface area (Å²) in [6.45, 7) is 1.87. The van der Waals surface area contributed by atoms with Crippen molar-refractivity contribution in [1.29, 1.82) is 0 Å². The van der Waals surface area contributed by atoms with E-state index < -0.39 is 0 Å². The lowest BCUT2D eigenvalue weighted by Gasteiger charge is -2.09. The molecule has 0 fully saturated rings. The lowest BCUT2D eigenvalue weighted by Crippen LogP contribution is -1.99. The second-order valence-electron chi connectivity index (χ2n) is 2.75. The molecular weight excluding hydrogens is 184 g/mol. The Hall–Kier alpha value is -1.55. The van der Waals surface area contributed by atoms with E-state index in [1.165, 1.54) is 14.2 Å². The van der Waals surface area contributed by atoms with Crippen molar-refractivity contribution < 1.29 is 19.3 Å². The van der Waals surface area contributed by atoms with Crippen molar-refractivity contribution in [2.75, 3.05) is 14.2 Å². The third-order valence-electron chi connectivity index (χ3n) is 1.76. The highest BCUT2D eigenvalue weighted by atomic mass is 17.2. The Bertz CT molecular complexity index is 333. The zero-order valence-electron chi connectivity index (χ0n) is 8.37. The van der Waals surface area contributed by atoms with Crippen LogP contribution in [0.5, 0.6) is 11.5 Å². The van der Waals surface area contributed by atoms with Gasteiger partial charge in [0.1, 0.15) is 11.3 Å². The van der Waals surface area contributed by atoms with E-state index in [1.807, 2.05) is 6.92 Å². The van der Waals surface area contributed by atoms with Crippen LogP contribution in [0.15, 0.2) is 12.1 Å². The molecule has 0 atom stereocenters. The van der Waals surface area contributed by atoms with Crippen LogP contribution in [-0.4, -0.2) is 20.5 Å². The van der Waals surface area contributed by atoms with Crippen molar-refractivity contribution in [3.8, 4) is 11.5 Å². The first-order chi connectivity index (χ1) is 6.72. The van der Waals surface area contributed by atoms with Gasteiger partial charge in [0, 0.05) is 0 Å². The summed E-state index contributed by atoms with van der Waals surface area (Å²) in [5.74, 6) is 0.839. The van der Waals surface area contributed by atoms with E-state index in [4.69, 9.17) is 9.62 Å². The number of ether oxygens (including phenoxy) is 1. The van der Waals surface area contributed by atoms with Crippen molar-refractivity contribution in [1.82, 2.24) is 0 Å². The third-order valence-corrected chi connectivity index (χ3v) is 1.76. The maximum Gasteiger partial charge on any atom is 0.179 e. The number of benzene rings is 1. The minimum absolute atomic E-state index is 0.347. The van der Waals surface area contributed by atoms with E-state index in [2.05, 4.69) is 4.89 Å². The summed E-state index contributed by atoms with van der Waals surface area (Å²) in [6, 6.07) is 3.46. The molecule has 4 heteroatoms. The molecule has 0 bridgehead atoms. The number of aldehydes is 1. The molecule has 0 radical (unpaired) electrons. The largest absolute Gasteiger partial charge is 0.496 e. The van der Waals surface area contributed by atoms with Crippen LogP contribution in [0.25, 0.3) is 0 Å². The van der Waals surface area contributed by atoms with Crippen LogP contribution in [0, 0.1) is 6.92 Å². The van der Waals surface area contributed by atoms with E-state index in [9.17, 15) is 4.79 Å². The quantitative estimate of drug-likeness (QED) is 0.418. The number of methoxy groups -OCH3 is 1. The van der Waals surface area contributed by atoms with Crippen LogP contribution in [-0.2, 0) is 4.89 Å². The first-order valence-corrected chi connectivity index (χ1v) is 4.07. The fourth-order valence-corrected chi connectivity index (χ4v) is 1.18. The van der Waals surface area contributed by atoms with Crippen LogP contribution < -0.4 is 9.62 Å². The van der Waals surface area contributed by atoms with Gasteiger partial charge in [-0.05, 0) is 24.6 Å². The van der Waals surface area contributed by atoms with E-state index >= 15 is 0 Å². The fraction of sp³-hybridized carbons (Fsp3) is 0.300. The molecule has 0 amide bonds. The molecule has 0 aliphatic carbocycles. The first-order valence-electron chi connectivity index (χ1n) is 4.07. The van der Waals surface area contributed by atoms with E-state index in [0.717, 1.165) is 5.56 Å². The van der Waals surface area contributed by atoms with Gasteiger partial charge in [0.05, 0.1) is 14.2 Å². The number of hydrogen-bond donors (Lipinski definition) is 0. The molecule has 1 aromatic carbocycles. The molecule has 0 aromatic heterocycles. The van der Waals surface area contributed by atoms with Crippen LogP contribution >= 0.6 is 0 Å². The lowest BCUT2D eigenvalue weighted by molar-refractivity contribution is -0.178. The molecule has 0 spiro atoms. The number of carbonyl (C=O) groups is 1. The minimum atomic E-state index is 0.347. The van der Waals surface area contributed by atoms with Gasteiger partial charge < -0.3 is 9.62 Å². The van der Waals surface area contributed by atoms with Gasteiger partial charge in [-0.15, -0.1) is 0 Å². The second-order valence-corrected chi connectivity index (χ2v) is 2.75. The third kappa shape index (κ3) is 2.03. The Morgan fingerprint density at radius 1 is 1.21 bits per heavy atom. The van der Waals surface area contributed by atoms with Crippen LogP contribution in [0.2, 0.25) is 0 Å². The van der Waals surface area contributed by atoms with Gasteiger partial charge in [-0.3, -0.25) is 4.79 Å². The maximum atomic E-state index is 10.8. The zero-order chi connectivity index (χ0) is 10.6. The standard InChI is InChI=1S/C10H12O4/c1-7-4-9(12-2)8(6-11)10(5-7)14-13-3/h4-6H,1-3H3. The van der Waals surface area contributed by atoms with Gasteiger partial charge in [0.25, 0.3) is 0 Å². The summed E-state index contributed by atoms with van der Waals surface area (Å²) < 4.78 is 5.04. The van der Waals surface area contributed by atoms with Crippen molar-refractivity contribution in [2.45, 2.75) is 6.92 Å². The summed E-state index contributed by atoms with van der Waals surface area (Å²) in [6.07, 6.45) is 0.673. The molecular formula is C10H12O4. The highest BCUT2D eigenvalue weighted by molar-refractivity contribution is 5.84. The lowest BCUT2D eigenvalue weighted by atomic mass is 10.1. The molecule has 0 unspecified atom stereocenters. The smallest absolute Gasteiger partial charge is 0.179 e. The Labute approximate surface area is 82.3 Å². The maximum absolute atomic E-state index is 10.8. The Balaban J connectivity index is 3.24. The molecule has 1 aromatic rings. The Morgan fingerprint density at radius 3 is 2.36 bits per heavy atom. The van der Waals surface area contributed by atoms with Crippen LogP contribution in [0.1, 0.15) is 15.9 Å². The predicted molar refractivity (Wildman–Crippen MR) is 50.8 cm³/mol. The monoisotopic (exact) mass is 196 g/mol. The zero-order valence-corrected chi connectivity index (χ0v) is 8.37. The van der Waals surface area contributed by atoms with Gasteiger partial charge in [-0.1, -0.05) is 0 Å².